The van der Waals surface area contributed by atoms with E-state index in [-0.39, 0.29) is 24.1 Å². The van der Waals surface area contributed by atoms with E-state index in [0.717, 1.165) is 16.5 Å². The zero-order valence-electron chi connectivity index (χ0n) is 9.44. The van der Waals surface area contributed by atoms with Crippen molar-refractivity contribution in [2.45, 2.75) is 18.7 Å². The lowest BCUT2D eigenvalue weighted by atomic mass is 10.2. The highest BCUT2D eigenvalue weighted by molar-refractivity contribution is 8.00. The van der Waals surface area contributed by atoms with Crippen LogP contribution < -0.4 is 0 Å². The largest absolute Gasteiger partial charge is 0.441 e. The summed E-state index contributed by atoms with van der Waals surface area (Å²) in [6.45, 7) is 0.275. The molecule has 1 heterocycles. The number of aryl methyl sites for hydroxylation is 1. The molecule has 18 heavy (non-hydrogen) atoms. The molecule has 0 saturated heterocycles. The van der Waals surface area contributed by atoms with E-state index in [1.807, 2.05) is 18.2 Å². The van der Waals surface area contributed by atoms with E-state index in [2.05, 4.69) is 0 Å². The normalized spacial score (nSPS) is 12.2. The molecule has 0 aliphatic carbocycles. The summed E-state index contributed by atoms with van der Waals surface area (Å²) >= 11 is -0.0128. The molecule has 2 aromatic rings. The van der Waals surface area contributed by atoms with Crippen LogP contribution in [-0.2, 0) is 13.2 Å². The van der Waals surface area contributed by atoms with Gasteiger partial charge in [0.05, 0.1) is 6.61 Å². The van der Waals surface area contributed by atoms with E-state index in [1.54, 1.807) is 16.8 Å². The molecular weight excluding hydrogens is 263 g/mol. The minimum absolute atomic E-state index is 0.00493. The Bertz CT molecular complexity index is 536. The fourth-order valence-electron chi connectivity index (χ4n) is 1.80. The second-order valence-electron chi connectivity index (χ2n) is 3.85. The van der Waals surface area contributed by atoms with Crippen molar-refractivity contribution in [3.8, 4) is 0 Å². The second kappa shape index (κ2) is 5.24. The van der Waals surface area contributed by atoms with Crippen LogP contribution >= 0.6 is 11.8 Å². The van der Waals surface area contributed by atoms with Gasteiger partial charge >= 0.3 is 5.51 Å². The molecule has 1 N–H and O–H groups in total. The van der Waals surface area contributed by atoms with Crippen molar-refractivity contribution in [3.05, 3.63) is 36.0 Å². The van der Waals surface area contributed by atoms with Gasteiger partial charge in [-0.05, 0) is 40.9 Å². The summed E-state index contributed by atoms with van der Waals surface area (Å²) in [4.78, 5) is 0. The number of hydrogen-bond acceptors (Lipinski definition) is 2. The van der Waals surface area contributed by atoms with Crippen molar-refractivity contribution < 1.29 is 18.3 Å². The van der Waals surface area contributed by atoms with Crippen LogP contribution in [-0.4, -0.2) is 20.9 Å². The molecule has 0 unspecified atom stereocenters. The molecule has 0 fully saturated rings. The molecule has 98 valence electrons. The third-order valence-corrected chi connectivity index (χ3v) is 3.33. The van der Waals surface area contributed by atoms with Crippen LogP contribution in [0, 0.1) is 0 Å². The molecule has 1 aromatic heterocycles. The van der Waals surface area contributed by atoms with Gasteiger partial charge in [-0.2, -0.15) is 13.2 Å². The maximum absolute atomic E-state index is 12.0. The van der Waals surface area contributed by atoms with Crippen LogP contribution in [0.1, 0.15) is 5.56 Å². The predicted molar refractivity (Wildman–Crippen MR) is 66.4 cm³/mol. The number of fused-ring (bicyclic) bond motifs is 1. The second-order valence-corrected chi connectivity index (χ2v) is 5.01. The first-order valence-corrected chi connectivity index (χ1v) is 6.37. The van der Waals surface area contributed by atoms with Gasteiger partial charge in [-0.15, -0.1) is 0 Å². The SMILES string of the molecule is OCc1ccc2c(ccn2CCSC(F)(F)F)c1. The highest BCUT2D eigenvalue weighted by atomic mass is 32.2. The van der Waals surface area contributed by atoms with Gasteiger partial charge < -0.3 is 9.67 Å². The number of thioether (sulfide) groups is 1. The first-order chi connectivity index (χ1) is 8.49. The van der Waals surface area contributed by atoms with Gasteiger partial charge in [0.1, 0.15) is 0 Å². The molecule has 0 bridgehead atoms. The van der Waals surface area contributed by atoms with Crippen molar-refractivity contribution >= 4 is 22.7 Å². The number of aliphatic hydroxyl groups excluding tert-OH is 1. The standard InChI is InChI=1S/C12H12F3NOS/c13-12(14,15)18-6-5-16-4-3-10-7-9(8-17)1-2-11(10)16/h1-4,7,17H,5-6,8H2. The highest BCUT2D eigenvalue weighted by Gasteiger charge is 2.27. The Balaban J connectivity index is 2.10. The summed E-state index contributed by atoms with van der Waals surface area (Å²) in [6.07, 6.45) is 1.77. The number of alkyl halides is 3. The minimum atomic E-state index is -4.17. The first kappa shape index (κ1) is 13.3. The summed E-state index contributed by atoms with van der Waals surface area (Å²) in [5.41, 5.74) is -2.49. The van der Waals surface area contributed by atoms with Gasteiger partial charge in [-0.1, -0.05) is 6.07 Å². The van der Waals surface area contributed by atoms with Crippen molar-refractivity contribution in [2.24, 2.45) is 0 Å². The molecule has 0 spiro atoms. The van der Waals surface area contributed by atoms with Crippen LogP contribution in [0.4, 0.5) is 13.2 Å². The van der Waals surface area contributed by atoms with Crippen LogP contribution in [0.2, 0.25) is 0 Å². The average molecular weight is 275 g/mol. The number of aromatic nitrogens is 1. The molecule has 0 aliphatic heterocycles. The van der Waals surface area contributed by atoms with Gasteiger partial charge in [0.2, 0.25) is 0 Å². The topological polar surface area (TPSA) is 25.2 Å². The molecule has 0 amide bonds. The van der Waals surface area contributed by atoms with Crippen molar-refractivity contribution in [2.75, 3.05) is 5.75 Å². The lowest BCUT2D eigenvalue weighted by Gasteiger charge is -2.07. The predicted octanol–water partition coefficient (Wildman–Crippen LogP) is 3.39. The molecule has 6 heteroatoms. The Morgan fingerprint density at radius 2 is 2.00 bits per heavy atom. The number of benzene rings is 1. The van der Waals surface area contributed by atoms with Crippen LogP contribution in [0.3, 0.4) is 0 Å². The van der Waals surface area contributed by atoms with Gasteiger partial charge in [0.25, 0.3) is 0 Å². The van der Waals surface area contributed by atoms with E-state index < -0.39 is 5.51 Å². The van der Waals surface area contributed by atoms with Gasteiger partial charge in [-0.25, -0.2) is 0 Å². The lowest BCUT2D eigenvalue weighted by Crippen LogP contribution is -2.06. The summed E-state index contributed by atoms with van der Waals surface area (Å²) < 4.78 is 37.9. The van der Waals surface area contributed by atoms with Crippen LogP contribution in [0.15, 0.2) is 30.5 Å². The Morgan fingerprint density at radius 3 is 2.67 bits per heavy atom. The number of hydrogen-bond donors (Lipinski definition) is 1. The average Bonchev–Trinajstić information content (AvgIpc) is 2.70. The van der Waals surface area contributed by atoms with Crippen LogP contribution in [0.25, 0.3) is 10.9 Å². The lowest BCUT2D eigenvalue weighted by molar-refractivity contribution is -0.0328. The molecular formula is C12H12F3NOS. The van der Waals surface area contributed by atoms with Gasteiger partial charge in [0.15, 0.2) is 0 Å². The van der Waals surface area contributed by atoms with Gasteiger partial charge in [0, 0.05) is 24.0 Å². The Hall–Kier alpha value is -1.14. The van der Waals surface area contributed by atoms with Gasteiger partial charge in [-0.3, -0.25) is 0 Å². The maximum atomic E-state index is 12.0. The molecule has 1 aromatic carbocycles. The van der Waals surface area contributed by atoms with E-state index in [4.69, 9.17) is 5.11 Å². The van der Waals surface area contributed by atoms with E-state index >= 15 is 0 Å². The smallest absolute Gasteiger partial charge is 0.392 e. The van der Waals surface area contributed by atoms with Crippen molar-refractivity contribution in [3.63, 3.8) is 0 Å². The van der Waals surface area contributed by atoms with E-state index in [1.165, 1.54) is 0 Å². The Kier molecular flexibility index (Phi) is 3.87. The summed E-state index contributed by atoms with van der Waals surface area (Å²) in [5.74, 6) is -0.00493. The van der Waals surface area contributed by atoms with Crippen molar-refractivity contribution in [1.29, 1.82) is 0 Å². The zero-order valence-corrected chi connectivity index (χ0v) is 10.3. The quantitative estimate of drug-likeness (QED) is 0.925. The molecule has 0 radical (unpaired) electrons. The highest BCUT2D eigenvalue weighted by Crippen LogP contribution is 2.30. The first-order valence-electron chi connectivity index (χ1n) is 5.39. The summed E-state index contributed by atoms with van der Waals surface area (Å²) in [7, 11) is 0. The summed E-state index contributed by atoms with van der Waals surface area (Å²) in [6, 6.07) is 7.27. The summed E-state index contributed by atoms with van der Waals surface area (Å²) in [5, 5.41) is 9.93. The maximum Gasteiger partial charge on any atom is 0.441 e. The van der Waals surface area contributed by atoms with Crippen molar-refractivity contribution in [1.82, 2.24) is 4.57 Å². The van der Waals surface area contributed by atoms with E-state index in [0.29, 0.717) is 6.54 Å². The third-order valence-electron chi connectivity index (χ3n) is 2.62. The number of halogens is 3. The fraction of sp³-hybridized carbons (Fsp3) is 0.333. The number of nitrogens with zero attached hydrogens (tertiary/aromatic N) is 1. The Labute approximate surface area is 106 Å². The number of rotatable bonds is 4. The molecule has 0 atom stereocenters. The zero-order chi connectivity index (χ0) is 13.2. The minimum Gasteiger partial charge on any atom is -0.392 e. The monoisotopic (exact) mass is 275 g/mol. The molecule has 0 aliphatic rings. The van der Waals surface area contributed by atoms with Crippen LogP contribution in [0.5, 0.6) is 0 Å². The van der Waals surface area contributed by atoms with E-state index in [9.17, 15) is 13.2 Å². The number of aliphatic hydroxyl groups is 1. The molecule has 2 nitrogen and oxygen atoms in total. The Morgan fingerprint density at radius 1 is 1.22 bits per heavy atom. The fourth-order valence-corrected chi connectivity index (χ4v) is 2.32. The molecule has 2 rings (SSSR count). The molecule has 0 saturated carbocycles. The third kappa shape index (κ3) is 3.20.